The zero-order chi connectivity index (χ0) is 26.1. The number of nitrogens with zero attached hydrogens (tertiary/aromatic N) is 2. The molecule has 0 saturated heterocycles. The highest BCUT2D eigenvalue weighted by atomic mass is 35.5. The summed E-state index contributed by atoms with van der Waals surface area (Å²) < 4.78 is 48.3. The Balaban J connectivity index is 1.56. The third-order valence-corrected chi connectivity index (χ3v) is 7.29. The van der Waals surface area contributed by atoms with Crippen LogP contribution in [0, 0.1) is 11.3 Å². The second-order valence-electron chi connectivity index (χ2n) is 8.00. The zero-order valence-corrected chi connectivity index (χ0v) is 20.6. The van der Waals surface area contributed by atoms with Crippen LogP contribution in [-0.2, 0) is 28.1 Å². The predicted octanol–water partition coefficient (Wildman–Crippen LogP) is 4.85. The molecule has 1 aromatic heterocycles. The van der Waals surface area contributed by atoms with Gasteiger partial charge in [0.15, 0.2) is 5.06 Å². The van der Waals surface area contributed by atoms with Crippen LogP contribution in [0.5, 0.6) is 5.06 Å². The number of carbonyl (C=O) groups excluding carboxylic acids is 2. The van der Waals surface area contributed by atoms with Crippen LogP contribution < -0.4 is 15.4 Å². The van der Waals surface area contributed by atoms with Gasteiger partial charge in [-0.3, -0.25) is 4.79 Å². The van der Waals surface area contributed by atoms with Crippen LogP contribution in [-0.4, -0.2) is 37.0 Å². The topological polar surface area (TPSA) is 113 Å². The molecule has 0 fully saturated rings. The monoisotopic (exact) mass is 560 g/mol. The van der Waals surface area contributed by atoms with E-state index >= 15 is 0 Å². The van der Waals surface area contributed by atoms with E-state index < -0.39 is 36.7 Å². The minimum Gasteiger partial charge on any atom is -0.399 e. The lowest BCUT2D eigenvalue weighted by molar-refractivity contribution is -0.275. The number of ether oxygens (including phenoxy) is 1. The molecule has 190 valence electrons. The van der Waals surface area contributed by atoms with Gasteiger partial charge in [0.1, 0.15) is 18.8 Å². The summed E-state index contributed by atoms with van der Waals surface area (Å²) in [6, 6.07) is 5.34. The second kappa shape index (κ2) is 10.2. The summed E-state index contributed by atoms with van der Waals surface area (Å²) in [5, 5.41) is 17.1. The quantitative estimate of drug-likeness (QED) is 0.490. The number of benzene rings is 1. The molecule has 2 heterocycles. The summed E-state index contributed by atoms with van der Waals surface area (Å²) in [6.07, 6.45) is -4.50. The van der Waals surface area contributed by atoms with E-state index in [0.29, 0.717) is 23.3 Å². The van der Waals surface area contributed by atoms with Crippen LogP contribution >= 0.6 is 34.5 Å². The van der Waals surface area contributed by atoms with E-state index in [1.54, 1.807) is 6.07 Å². The second-order valence-corrected chi connectivity index (χ2v) is 9.85. The number of hydrogen-bond acceptors (Lipinski definition) is 7. The maximum Gasteiger partial charge on any atom is 0.435 e. The predicted molar refractivity (Wildman–Crippen MR) is 125 cm³/mol. The van der Waals surface area contributed by atoms with Crippen LogP contribution in [0.3, 0.4) is 0 Å². The summed E-state index contributed by atoms with van der Waals surface area (Å²) in [7, 11) is 0. The number of alkyl halides is 3. The van der Waals surface area contributed by atoms with Gasteiger partial charge < -0.3 is 20.2 Å². The molecule has 1 atom stereocenters. The van der Waals surface area contributed by atoms with Crippen molar-refractivity contribution < 1.29 is 32.3 Å². The summed E-state index contributed by atoms with van der Waals surface area (Å²) in [6.45, 7) is -0.611. The number of hydrogen-bond donors (Lipinski definition) is 2. The van der Waals surface area contributed by atoms with Crippen molar-refractivity contribution in [1.29, 1.82) is 5.26 Å². The van der Waals surface area contributed by atoms with Crippen molar-refractivity contribution in [3.05, 3.63) is 49.8 Å². The van der Waals surface area contributed by atoms with Crippen molar-refractivity contribution in [3.63, 3.8) is 0 Å². The first kappa shape index (κ1) is 26.1. The Kier molecular flexibility index (Phi) is 7.36. The van der Waals surface area contributed by atoms with Crippen LogP contribution in [0.25, 0.3) is 0 Å². The van der Waals surface area contributed by atoms with Gasteiger partial charge in [-0.05, 0) is 43.0 Å². The maximum absolute atomic E-state index is 14.3. The Morgan fingerprint density at radius 3 is 2.56 bits per heavy atom. The molecule has 1 aliphatic heterocycles. The molecule has 14 heteroatoms. The van der Waals surface area contributed by atoms with Gasteiger partial charge in [-0.25, -0.2) is 4.79 Å². The highest BCUT2D eigenvalue weighted by Gasteiger charge is 2.62. The lowest BCUT2D eigenvalue weighted by Crippen LogP contribution is -2.42. The van der Waals surface area contributed by atoms with Gasteiger partial charge in [0.05, 0.1) is 17.4 Å². The Morgan fingerprint density at radius 2 is 1.89 bits per heavy atom. The van der Waals surface area contributed by atoms with Gasteiger partial charge >= 0.3 is 12.3 Å². The first-order valence-electron chi connectivity index (χ1n) is 10.6. The van der Waals surface area contributed by atoms with Crippen LogP contribution in [0.2, 0.25) is 10.0 Å². The molecule has 4 rings (SSSR count). The van der Waals surface area contributed by atoms with E-state index in [0.717, 1.165) is 35.5 Å². The van der Waals surface area contributed by atoms with Crippen LogP contribution in [0.4, 0.5) is 18.0 Å². The Morgan fingerprint density at radius 1 is 1.19 bits per heavy atom. The number of carbonyl (C=O) groups is 2. The van der Waals surface area contributed by atoms with Gasteiger partial charge in [-0.1, -0.05) is 39.7 Å². The minimum atomic E-state index is -4.84. The summed E-state index contributed by atoms with van der Waals surface area (Å²) >= 11 is 12.9. The van der Waals surface area contributed by atoms with Crippen molar-refractivity contribution in [2.24, 2.45) is 5.16 Å². The molecular formula is C22H17Cl2F3N4O4S. The lowest BCUT2D eigenvalue weighted by Gasteiger charge is -2.29. The van der Waals surface area contributed by atoms with Crippen molar-refractivity contribution in [1.82, 2.24) is 10.6 Å². The van der Waals surface area contributed by atoms with Crippen LogP contribution in [0.1, 0.15) is 34.4 Å². The molecule has 2 aromatic rings. The molecule has 2 amide bonds. The van der Waals surface area contributed by atoms with E-state index in [-0.39, 0.29) is 32.9 Å². The molecule has 1 aliphatic carbocycles. The van der Waals surface area contributed by atoms with Gasteiger partial charge in [-0.15, -0.1) is 0 Å². The first-order valence-corrected chi connectivity index (χ1v) is 12.1. The van der Waals surface area contributed by atoms with E-state index in [2.05, 4.69) is 15.8 Å². The molecular weight excluding hydrogens is 544 g/mol. The molecule has 2 N–H and O–H groups in total. The molecule has 1 unspecified atom stereocenters. The van der Waals surface area contributed by atoms with Crippen molar-refractivity contribution in [3.8, 4) is 11.1 Å². The third kappa shape index (κ3) is 5.09. The van der Waals surface area contributed by atoms with Gasteiger partial charge in [0.2, 0.25) is 5.91 Å². The number of fused-ring (bicyclic) bond motifs is 1. The molecule has 0 bridgehead atoms. The summed E-state index contributed by atoms with van der Waals surface area (Å²) in [5.41, 5.74) is -1.53. The first-order chi connectivity index (χ1) is 17.0. The number of thiophene rings is 1. The minimum absolute atomic E-state index is 0.0261. The Hall–Kier alpha value is -3.01. The molecule has 8 nitrogen and oxygen atoms in total. The highest BCUT2D eigenvalue weighted by Crippen LogP contribution is 2.51. The third-order valence-electron chi connectivity index (χ3n) is 5.65. The fourth-order valence-electron chi connectivity index (χ4n) is 4.04. The smallest absolute Gasteiger partial charge is 0.399 e. The summed E-state index contributed by atoms with van der Waals surface area (Å²) in [5.74, 6) is -0.576. The SMILES string of the molecule is N#CCNC(=O)CNC(=O)Oc1sc(C2=NOC(c3cc(Cl)cc(Cl)c3)(C(F)(F)F)C2)c2c1CCC2. The maximum atomic E-state index is 14.3. The number of nitrogens with one attached hydrogen (secondary N) is 2. The van der Waals surface area contributed by atoms with E-state index in [9.17, 15) is 22.8 Å². The van der Waals surface area contributed by atoms with Crippen LogP contribution in [0.15, 0.2) is 23.4 Å². The Labute approximate surface area is 216 Å². The summed E-state index contributed by atoms with van der Waals surface area (Å²) in [4.78, 5) is 29.3. The number of halogens is 5. The van der Waals surface area contributed by atoms with Crippen molar-refractivity contribution in [2.75, 3.05) is 13.1 Å². The standard InChI is InChI=1S/C22H17Cl2F3N4O4S/c23-12-6-11(7-13(24)8-12)21(22(25,26)27)9-16(31-35-21)18-14-2-1-3-15(14)19(36-18)34-20(33)30-10-17(32)29-5-4-28/h6-8H,1-3,5,9-10H2,(H,29,32)(H,30,33). The average Bonchev–Trinajstić information content (AvgIpc) is 3.52. The van der Waals surface area contributed by atoms with E-state index in [1.807, 2.05) is 0 Å². The lowest BCUT2D eigenvalue weighted by atomic mass is 9.87. The fourth-order valence-corrected chi connectivity index (χ4v) is 5.79. The molecule has 1 aromatic carbocycles. The number of amides is 2. The molecule has 0 radical (unpaired) electrons. The van der Waals surface area contributed by atoms with Crippen molar-refractivity contribution >= 4 is 52.3 Å². The number of rotatable bonds is 6. The average molecular weight is 561 g/mol. The zero-order valence-electron chi connectivity index (χ0n) is 18.3. The fraction of sp³-hybridized carbons (Fsp3) is 0.364. The van der Waals surface area contributed by atoms with Gasteiger partial charge in [0, 0.05) is 21.2 Å². The van der Waals surface area contributed by atoms with Gasteiger partial charge in [0.25, 0.3) is 5.60 Å². The van der Waals surface area contributed by atoms with Crippen molar-refractivity contribution in [2.45, 2.75) is 37.5 Å². The van der Waals surface area contributed by atoms with E-state index in [1.165, 1.54) is 6.07 Å². The normalized spacial score (nSPS) is 18.6. The van der Waals surface area contributed by atoms with Gasteiger partial charge in [-0.2, -0.15) is 18.4 Å². The number of nitriles is 1. The Bertz CT molecular complexity index is 1270. The largest absolute Gasteiger partial charge is 0.435 e. The number of oxime groups is 1. The molecule has 0 saturated carbocycles. The molecule has 36 heavy (non-hydrogen) atoms. The molecule has 0 spiro atoms. The highest BCUT2D eigenvalue weighted by molar-refractivity contribution is 7.16. The van der Waals surface area contributed by atoms with E-state index in [4.69, 9.17) is 38.0 Å². The molecule has 2 aliphatic rings.